The van der Waals surface area contributed by atoms with Gasteiger partial charge in [-0.2, -0.15) is 0 Å². The molecule has 0 saturated carbocycles. The van der Waals surface area contributed by atoms with Gasteiger partial charge in [0.1, 0.15) is 0 Å². The third kappa shape index (κ3) is 6.40. The first-order chi connectivity index (χ1) is 9.13. The highest BCUT2D eigenvalue weighted by Crippen LogP contribution is 2.07. The molecule has 7 nitrogen and oxygen atoms in total. The van der Waals surface area contributed by atoms with Crippen LogP contribution in [0.25, 0.3) is 0 Å². The molecule has 1 unspecified atom stereocenters. The molecule has 1 aliphatic rings. The predicted molar refractivity (Wildman–Crippen MR) is 70.1 cm³/mol. The van der Waals surface area contributed by atoms with E-state index in [2.05, 4.69) is 15.5 Å². The molecule has 0 aromatic carbocycles. The third-order valence-electron chi connectivity index (χ3n) is 3.10. The summed E-state index contributed by atoms with van der Waals surface area (Å²) in [7, 11) is 1.39. The number of carboxylic acids is 1. The number of likely N-dealkylation sites (tertiary alicyclic amines) is 1. The fraction of sp³-hybridized carbons (Fsp3) is 0.833. The van der Waals surface area contributed by atoms with Crippen molar-refractivity contribution in [3.8, 4) is 0 Å². The second-order valence-electron chi connectivity index (χ2n) is 4.65. The Hall–Kier alpha value is -1.34. The molecule has 0 aromatic heterocycles. The first-order valence-corrected chi connectivity index (χ1v) is 6.62. The highest BCUT2D eigenvalue weighted by atomic mass is 16.5. The van der Waals surface area contributed by atoms with E-state index < -0.39 is 18.0 Å². The molecule has 1 saturated heterocycles. The lowest BCUT2D eigenvalue weighted by atomic mass is 10.1. The van der Waals surface area contributed by atoms with Gasteiger partial charge in [0, 0.05) is 20.2 Å². The monoisotopic (exact) mass is 273 g/mol. The van der Waals surface area contributed by atoms with Crippen LogP contribution in [0.2, 0.25) is 0 Å². The van der Waals surface area contributed by atoms with Crippen molar-refractivity contribution in [3.63, 3.8) is 0 Å². The van der Waals surface area contributed by atoms with Crippen LogP contribution in [0.4, 0.5) is 4.79 Å². The van der Waals surface area contributed by atoms with E-state index in [4.69, 9.17) is 9.84 Å². The minimum Gasteiger partial charge on any atom is -0.480 e. The minimum atomic E-state index is -1.10. The van der Waals surface area contributed by atoms with Crippen LogP contribution in [-0.4, -0.2) is 67.9 Å². The second kappa shape index (κ2) is 8.71. The Labute approximate surface area is 113 Å². The van der Waals surface area contributed by atoms with E-state index in [1.165, 1.54) is 26.4 Å². The number of rotatable bonds is 7. The van der Waals surface area contributed by atoms with Gasteiger partial charge in [-0.15, -0.1) is 0 Å². The van der Waals surface area contributed by atoms with Crippen LogP contribution in [0.15, 0.2) is 0 Å². The largest absolute Gasteiger partial charge is 0.480 e. The Balaban J connectivity index is 2.17. The van der Waals surface area contributed by atoms with E-state index in [0.29, 0.717) is 6.54 Å². The molecule has 1 heterocycles. The number of carboxylic acid groups (broad SMARTS) is 1. The van der Waals surface area contributed by atoms with Crippen LogP contribution in [0, 0.1) is 0 Å². The maximum absolute atomic E-state index is 11.5. The first-order valence-electron chi connectivity index (χ1n) is 6.62. The summed E-state index contributed by atoms with van der Waals surface area (Å²) in [4.78, 5) is 24.6. The molecule has 19 heavy (non-hydrogen) atoms. The lowest BCUT2D eigenvalue weighted by Crippen LogP contribution is -2.49. The van der Waals surface area contributed by atoms with Gasteiger partial charge >= 0.3 is 12.0 Å². The molecule has 0 spiro atoms. The molecule has 1 fully saturated rings. The summed E-state index contributed by atoms with van der Waals surface area (Å²) in [6.07, 6.45) is 3.70. The van der Waals surface area contributed by atoms with Gasteiger partial charge in [0.25, 0.3) is 0 Å². The van der Waals surface area contributed by atoms with Gasteiger partial charge in [-0.25, -0.2) is 9.59 Å². The van der Waals surface area contributed by atoms with Crippen LogP contribution < -0.4 is 10.6 Å². The molecule has 0 radical (unpaired) electrons. The summed E-state index contributed by atoms with van der Waals surface area (Å²) in [5, 5.41) is 13.9. The number of piperidine rings is 1. The van der Waals surface area contributed by atoms with Gasteiger partial charge in [-0.05, 0) is 25.9 Å². The number of urea groups is 1. The van der Waals surface area contributed by atoms with Crippen molar-refractivity contribution in [2.45, 2.75) is 25.3 Å². The zero-order chi connectivity index (χ0) is 14.1. The van der Waals surface area contributed by atoms with E-state index >= 15 is 0 Å². The maximum atomic E-state index is 11.5. The third-order valence-corrected chi connectivity index (χ3v) is 3.10. The van der Waals surface area contributed by atoms with Crippen molar-refractivity contribution in [1.82, 2.24) is 15.5 Å². The predicted octanol–water partition coefficient (Wildman–Crippen LogP) is -0.129. The standard InChI is InChI=1S/C12H23N3O4/c1-19-9-10(11(16)17)14-12(18)13-5-8-15-6-3-2-4-7-15/h10H,2-9H2,1H3,(H,16,17)(H2,13,14,18). The molecule has 0 aliphatic carbocycles. The summed E-state index contributed by atoms with van der Waals surface area (Å²) < 4.78 is 4.73. The molecule has 0 aromatic rings. The van der Waals surface area contributed by atoms with Crippen LogP contribution in [0.3, 0.4) is 0 Å². The van der Waals surface area contributed by atoms with E-state index in [1.54, 1.807) is 0 Å². The average Bonchev–Trinajstić information content (AvgIpc) is 2.39. The smallest absolute Gasteiger partial charge is 0.328 e. The van der Waals surface area contributed by atoms with Gasteiger partial charge in [-0.1, -0.05) is 6.42 Å². The molecule has 1 rings (SSSR count). The van der Waals surface area contributed by atoms with E-state index in [-0.39, 0.29) is 6.61 Å². The van der Waals surface area contributed by atoms with E-state index in [9.17, 15) is 9.59 Å². The highest BCUT2D eigenvalue weighted by molar-refractivity contribution is 5.82. The minimum absolute atomic E-state index is 0.0467. The number of methoxy groups -OCH3 is 1. The Morgan fingerprint density at radius 3 is 2.58 bits per heavy atom. The van der Waals surface area contributed by atoms with Crippen molar-refractivity contribution in [2.24, 2.45) is 0 Å². The summed E-state index contributed by atoms with van der Waals surface area (Å²) in [5.41, 5.74) is 0. The summed E-state index contributed by atoms with van der Waals surface area (Å²) in [6.45, 7) is 3.42. The maximum Gasteiger partial charge on any atom is 0.328 e. The summed E-state index contributed by atoms with van der Waals surface area (Å²) in [5.74, 6) is -1.10. The summed E-state index contributed by atoms with van der Waals surface area (Å²) >= 11 is 0. The van der Waals surface area contributed by atoms with E-state index in [0.717, 1.165) is 19.6 Å². The lowest BCUT2D eigenvalue weighted by Gasteiger charge is -2.26. The zero-order valence-electron chi connectivity index (χ0n) is 11.4. The molecule has 7 heteroatoms. The van der Waals surface area contributed by atoms with Crippen LogP contribution in [0.1, 0.15) is 19.3 Å². The molecular formula is C12H23N3O4. The van der Waals surface area contributed by atoms with Gasteiger partial charge in [0.2, 0.25) is 0 Å². The fourth-order valence-corrected chi connectivity index (χ4v) is 2.06. The number of hydrogen-bond acceptors (Lipinski definition) is 4. The zero-order valence-corrected chi connectivity index (χ0v) is 11.4. The molecule has 2 amide bonds. The van der Waals surface area contributed by atoms with Gasteiger partial charge in [0.05, 0.1) is 6.61 Å². The lowest BCUT2D eigenvalue weighted by molar-refractivity contribution is -0.140. The van der Waals surface area contributed by atoms with Crippen molar-refractivity contribution < 1.29 is 19.4 Å². The normalized spacial score (nSPS) is 17.7. The topological polar surface area (TPSA) is 90.9 Å². The van der Waals surface area contributed by atoms with Crippen molar-refractivity contribution in [1.29, 1.82) is 0 Å². The number of nitrogens with zero attached hydrogens (tertiary/aromatic N) is 1. The SMILES string of the molecule is COCC(NC(=O)NCCN1CCCCC1)C(=O)O. The molecular weight excluding hydrogens is 250 g/mol. The van der Waals surface area contributed by atoms with Crippen molar-refractivity contribution in [3.05, 3.63) is 0 Å². The van der Waals surface area contributed by atoms with E-state index in [1.807, 2.05) is 0 Å². The number of hydrogen-bond donors (Lipinski definition) is 3. The van der Waals surface area contributed by atoms with Crippen molar-refractivity contribution in [2.75, 3.05) is 39.9 Å². The van der Waals surface area contributed by atoms with Gasteiger partial charge in [-0.3, -0.25) is 0 Å². The van der Waals surface area contributed by atoms with Crippen LogP contribution >= 0.6 is 0 Å². The number of carbonyl (C=O) groups is 2. The Kier molecular flexibility index (Phi) is 7.20. The Morgan fingerprint density at radius 1 is 1.32 bits per heavy atom. The second-order valence-corrected chi connectivity index (χ2v) is 4.65. The number of nitrogens with one attached hydrogen (secondary N) is 2. The number of amides is 2. The van der Waals surface area contributed by atoms with Crippen LogP contribution in [0.5, 0.6) is 0 Å². The average molecular weight is 273 g/mol. The molecule has 0 bridgehead atoms. The Morgan fingerprint density at radius 2 is 2.00 bits per heavy atom. The number of aliphatic carboxylic acids is 1. The quantitative estimate of drug-likeness (QED) is 0.601. The molecule has 1 aliphatic heterocycles. The Bertz CT molecular complexity index is 293. The molecule has 1 atom stereocenters. The number of carbonyl (C=O) groups excluding carboxylic acids is 1. The van der Waals surface area contributed by atoms with Crippen molar-refractivity contribution >= 4 is 12.0 Å². The van der Waals surface area contributed by atoms with Gasteiger partial charge in [0.15, 0.2) is 6.04 Å². The molecule has 3 N–H and O–H groups in total. The number of ether oxygens (including phenoxy) is 1. The van der Waals surface area contributed by atoms with Crippen LogP contribution in [-0.2, 0) is 9.53 Å². The van der Waals surface area contributed by atoms with Gasteiger partial charge < -0.3 is 25.4 Å². The summed E-state index contributed by atoms with van der Waals surface area (Å²) in [6, 6.07) is -1.48. The first kappa shape index (κ1) is 15.7. The molecule has 110 valence electrons. The fourth-order valence-electron chi connectivity index (χ4n) is 2.06. The highest BCUT2D eigenvalue weighted by Gasteiger charge is 2.19.